The van der Waals surface area contributed by atoms with Crippen LogP contribution < -0.4 is 24.5 Å². The van der Waals surface area contributed by atoms with E-state index < -0.39 is 0 Å². The molecule has 9 heteroatoms. The van der Waals surface area contributed by atoms with Gasteiger partial charge < -0.3 is 14.4 Å². The fraction of sp³-hybridized carbons (Fsp3) is 0.111. The van der Waals surface area contributed by atoms with Crippen molar-refractivity contribution in [1.29, 1.82) is 0 Å². The van der Waals surface area contributed by atoms with Crippen LogP contribution in [0.1, 0.15) is 11.1 Å². The summed E-state index contributed by atoms with van der Waals surface area (Å²) in [4.78, 5) is 33.8. The van der Waals surface area contributed by atoms with E-state index in [0.717, 1.165) is 16.8 Å². The third-order valence-corrected chi connectivity index (χ3v) is 7.16. The molecule has 36 heavy (non-hydrogen) atoms. The van der Waals surface area contributed by atoms with E-state index in [-0.39, 0.29) is 11.5 Å². The molecular formula is C27H20N4O4S. The van der Waals surface area contributed by atoms with Gasteiger partial charge in [-0.25, -0.2) is 0 Å². The molecule has 1 aliphatic rings. The van der Waals surface area contributed by atoms with E-state index in [0.29, 0.717) is 44.5 Å². The first-order chi connectivity index (χ1) is 17.6. The fourth-order valence-corrected chi connectivity index (χ4v) is 5.40. The second-order valence-corrected chi connectivity index (χ2v) is 9.18. The molecule has 0 spiro atoms. The van der Waals surface area contributed by atoms with Crippen molar-refractivity contribution in [1.82, 2.24) is 14.6 Å². The van der Waals surface area contributed by atoms with Crippen LogP contribution in [0, 0.1) is 0 Å². The lowest BCUT2D eigenvalue weighted by atomic mass is 10.1. The maximum absolute atomic E-state index is 13.6. The summed E-state index contributed by atoms with van der Waals surface area (Å²) >= 11 is 1.17. The highest BCUT2D eigenvalue weighted by Crippen LogP contribution is 2.36. The number of fused-ring (bicyclic) bond motifs is 2. The lowest BCUT2D eigenvalue weighted by Crippen LogP contribution is -2.32. The van der Waals surface area contributed by atoms with Gasteiger partial charge in [0.1, 0.15) is 4.53 Å². The van der Waals surface area contributed by atoms with Crippen LogP contribution in [0.15, 0.2) is 77.6 Å². The number of aromatic nitrogens is 3. The Morgan fingerprint density at radius 1 is 0.889 bits per heavy atom. The zero-order valence-corrected chi connectivity index (χ0v) is 20.3. The maximum Gasteiger partial charge on any atom is 0.291 e. The second-order valence-electron chi connectivity index (χ2n) is 8.20. The van der Waals surface area contributed by atoms with Crippen LogP contribution in [-0.4, -0.2) is 34.7 Å². The predicted molar refractivity (Wildman–Crippen MR) is 137 cm³/mol. The van der Waals surface area contributed by atoms with Crippen molar-refractivity contribution in [2.24, 2.45) is 0 Å². The number of rotatable bonds is 5. The highest BCUT2D eigenvalue weighted by molar-refractivity contribution is 7.15. The summed E-state index contributed by atoms with van der Waals surface area (Å²) < 4.78 is 12.2. The molecular weight excluding hydrogens is 476 g/mol. The van der Waals surface area contributed by atoms with Crippen LogP contribution in [0.5, 0.6) is 11.5 Å². The highest BCUT2D eigenvalue weighted by Gasteiger charge is 2.34. The van der Waals surface area contributed by atoms with Crippen molar-refractivity contribution < 1.29 is 14.3 Å². The third kappa shape index (κ3) is 3.44. The van der Waals surface area contributed by atoms with Crippen LogP contribution in [0.3, 0.4) is 0 Å². The van der Waals surface area contributed by atoms with E-state index in [2.05, 4.69) is 10.1 Å². The largest absolute Gasteiger partial charge is 0.493 e. The SMILES string of the molecule is COc1ccc(-c2nc3sc(=C4C(=O)N(Cc5ccccc5)c5ccccc54)c(=O)n3n2)cc1OC. The molecule has 0 atom stereocenters. The van der Waals surface area contributed by atoms with E-state index in [1.54, 1.807) is 37.3 Å². The molecule has 1 amide bonds. The summed E-state index contributed by atoms with van der Waals surface area (Å²) in [7, 11) is 3.12. The lowest BCUT2D eigenvalue weighted by molar-refractivity contribution is -0.113. The van der Waals surface area contributed by atoms with E-state index in [9.17, 15) is 9.59 Å². The first kappa shape index (κ1) is 22.0. The zero-order chi connectivity index (χ0) is 24.8. The first-order valence-corrected chi connectivity index (χ1v) is 12.0. The average molecular weight is 497 g/mol. The number of hydrogen-bond donors (Lipinski definition) is 0. The van der Waals surface area contributed by atoms with E-state index in [1.165, 1.54) is 15.9 Å². The first-order valence-electron chi connectivity index (χ1n) is 11.2. The van der Waals surface area contributed by atoms with Crippen LogP contribution in [-0.2, 0) is 11.3 Å². The Labute approximate surface area is 209 Å². The van der Waals surface area contributed by atoms with Gasteiger partial charge in [-0.05, 0) is 29.8 Å². The minimum atomic E-state index is -0.367. The molecule has 0 saturated heterocycles. The van der Waals surface area contributed by atoms with Crippen molar-refractivity contribution in [3.8, 4) is 22.9 Å². The van der Waals surface area contributed by atoms with Gasteiger partial charge >= 0.3 is 0 Å². The van der Waals surface area contributed by atoms with Crippen molar-refractivity contribution in [3.63, 3.8) is 0 Å². The molecule has 3 heterocycles. The molecule has 8 nitrogen and oxygen atoms in total. The maximum atomic E-state index is 13.6. The van der Waals surface area contributed by atoms with Gasteiger partial charge in [0.25, 0.3) is 11.5 Å². The van der Waals surface area contributed by atoms with Crippen molar-refractivity contribution in [3.05, 3.63) is 98.8 Å². The minimum Gasteiger partial charge on any atom is -0.493 e. The van der Waals surface area contributed by atoms with Crippen LogP contribution >= 0.6 is 11.3 Å². The molecule has 3 aromatic carbocycles. The number of anilines is 1. The molecule has 0 fully saturated rings. The number of amides is 1. The normalized spacial score (nSPS) is 14.4. The smallest absolute Gasteiger partial charge is 0.291 e. The van der Waals surface area contributed by atoms with E-state index in [4.69, 9.17) is 9.47 Å². The van der Waals surface area contributed by atoms with Gasteiger partial charge in [-0.2, -0.15) is 9.50 Å². The number of ether oxygens (including phenoxy) is 2. The lowest BCUT2D eigenvalue weighted by Gasteiger charge is -2.17. The third-order valence-electron chi connectivity index (χ3n) is 6.13. The molecule has 0 saturated carbocycles. The van der Waals surface area contributed by atoms with Gasteiger partial charge in [-0.1, -0.05) is 59.9 Å². The molecule has 0 aliphatic carbocycles. The molecule has 5 aromatic rings. The molecule has 0 N–H and O–H groups in total. The summed E-state index contributed by atoms with van der Waals surface area (Å²) in [5.74, 6) is 1.31. The van der Waals surface area contributed by atoms with Gasteiger partial charge in [-0.15, -0.1) is 5.10 Å². The Balaban J connectivity index is 1.47. The fourth-order valence-electron chi connectivity index (χ4n) is 4.41. The molecule has 1 aliphatic heterocycles. The molecule has 178 valence electrons. The minimum absolute atomic E-state index is 0.207. The standard InChI is InChI=1S/C27H20N4O4S/c1-34-20-13-12-17(14-21(20)35-2)24-28-27-31(29-24)26(33)23(36-27)22-18-10-6-7-11-19(18)30(25(22)32)15-16-8-4-3-5-9-16/h3-14H,15H2,1-2H3. The Morgan fingerprint density at radius 2 is 1.64 bits per heavy atom. The molecule has 0 unspecified atom stereocenters. The number of hydrogen-bond acceptors (Lipinski definition) is 7. The number of para-hydroxylation sites is 1. The zero-order valence-electron chi connectivity index (χ0n) is 19.5. The predicted octanol–water partition coefficient (Wildman–Crippen LogP) is 3.30. The van der Waals surface area contributed by atoms with Gasteiger partial charge in [0, 0.05) is 11.1 Å². The molecule has 6 rings (SSSR count). The monoisotopic (exact) mass is 496 g/mol. The molecule has 2 aromatic heterocycles. The Kier molecular flexibility index (Phi) is 5.26. The number of nitrogens with zero attached hydrogens (tertiary/aromatic N) is 4. The molecule has 0 bridgehead atoms. The topological polar surface area (TPSA) is 86.0 Å². The molecule has 0 radical (unpaired) electrons. The van der Waals surface area contributed by atoms with Crippen molar-refractivity contribution in [2.75, 3.05) is 19.1 Å². The van der Waals surface area contributed by atoms with Crippen molar-refractivity contribution >= 4 is 33.5 Å². The van der Waals surface area contributed by atoms with Crippen LogP contribution in [0.4, 0.5) is 5.69 Å². The number of methoxy groups -OCH3 is 2. The second kappa shape index (κ2) is 8.62. The van der Waals surface area contributed by atoms with Gasteiger partial charge in [0.15, 0.2) is 17.3 Å². The quantitative estimate of drug-likeness (QED) is 0.371. The Morgan fingerprint density at radius 3 is 2.39 bits per heavy atom. The summed E-state index contributed by atoms with van der Waals surface area (Å²) in [5.41, 5.74) is 3.23. The highest BCUT2D eigenvalue weighted by atomic mass is 32.1. The number of carbonyl (C=O) groups excluding carboxylic acids is 1. The van der Waals surface area contributed by atoms with Crippen molar-refractivity contribution in [2.45, 2.75) is 6.54 Å². The number of benzene rings is 3. The van der Waals surface area contributed by atoms with Gasteiger partial charge in [-0.3, -0.25) is 9.59 Å². The van der Waals surface area contributed by atoms with Gasteiger partial charge in [0.05, 0.1) is 32.0 Å². The summed E-state index contributed by atoms with van der Waals surface area (Å²) in [6.45, 7) is 0.415. The summed E-state index contributed by atoms with van der Waals surface area (Å²) in [6, 6.07) is 22.6. The van der Waals surface area contributed by atoms with E-state index >= 15 is 0 Å². The van der Waals surface area contributed by atoms with Gasteiger partial charge in [0.2, 0.25) is 4.96 Å². The average Bonchev–Trinajstić information content (AvgIpc) is 3.55. The van der Waals surface area contributed by atoms with Crippen LogP contribution in [0.2, 0.25) is 0 Å². The Bertz CT molecular complexity index is 1740. The summed E-state index contributed by atoms with van der Waals surface area (Å²) in [6.07, 6.45) is 0. The van der Waals surface area contributed by atoms with E-state index in [1.807, 2.05) is 54.6 Å². The van der Waals surface area contributed by atoms with Crippen LogP contribution in [0.25, 0.3) is 21.9 Å². The Hall–Kier alpha value is -4.50. The summed E-state index contributed by atoms with van der Waals surface area (Å²) in [5, 5.41) is 4.44. The number of carbonyl (C=O) groups is 1. The number of thiazole rings is 1.